The van der Waals surface area contributed by atoms with Crippen LogP contribution in [0, 0.1) is 0 Å². The van der Waals surface area contributed by atoms with Crippen molar-refractivity contribution in [3.63, 3.8) is 0 Å². The number of rotatable bonds is 8. The minimum Gasteiger partial charge on any atom is -0.490 e. The van der Waals surface area contributed by atoms with Crippen molar-refractivity contribution in [3.05, 3.63) is 84.4 Å². The highest BCUT2D eigenvalue weighted by molar-refractivity contribution is 6.30. The average molecular weight is 427 g/mol. The van der Waals surface area contributed by atoms with E-state index >= 15 is 0 Å². The summed E-state index contributed by atoms with van der Waals surface area (Å²) in [6, 6.07) is 12.6. The minimum absolute atomic E-state index is 0.135. The standard InChI is InChI=1S/C12H13F3O.C11H13ClO/c1-3-6-9(2)16-11-8-5-4-7-10(11)12(13,14)15;1-3-5-9(2)13-11-7-4-6-10(12)8-11/h3-5,7-9H,1,6H2,2H3;3-4,6-9H,1,5H2,2H3. The van der Waals surface area contributed by atoms with E-state index in [0.717, 1.165) is 18.2 Å². The molecule has 0 saturated carbocycles. The third-order valence-electron chi connectivity index (χ3n) is 3.65. The fourth-order valence-corrected chi connectivity index (χ4v) is 2.54. The van der Waals surface area contributed by atoms with E-state index in [9.17, 15) is 13.2 Å². The molecule has 2 atom stereocenters. The molecule has 2 unspecified atom stereocenters. The summed E-state index contributed by atoms with van der Waals surface area (Å²) in [7, 11) is 0. The Balaban J connectivity index is 0.000000296. The number of hydrogen-bond donors (Lipinski definition) is 0. The van der Waals surface area contributed by atoms with Gasteiger partial charge < -0.3 is 9.47 Å². The molecule has 6 heteroatoms. The van der Waals surface area contributed by atoms with Gasteiger partial charge in [-0.05, 0) is 44.2 Å². The number of halogens is 4. The highest BCUT2D eigenvalue weighted by Crippen LogP contribution is 2.36. The lowest BCUT2D eigenvalue weighted by Gasteiger charge is -2.17. The van der Waals surface area contributed by atoms with Gasteiger partial charge in [0, 0.05) is 17.9 Å². The first kappa shape index (κ1) is 24.6. The third-order valence-corrected chi connectivity index (χ3v) is 3.89. The van der Waals surface area contributed by atoms with Crippen LogP contribution < -0.4 is 9.47 Å². The molecule has 0 saturated heterocycles. The second kappa shape index (κ2) is 12.2. The zero-order chi connectivity index (χ0) is 21.9. The lowest BCUT2D eigenvalue weighted by molar-refractivity contribution is -0.139. The number of para-hydroxylation sites is 1. The lowest BCUT2D eigenvalue weighted by atomic mass is 10.2. The summed E-state index contributed by atoms with van der Waals surface area (Å²) in [5.41, 5.74) is -0.745. The molecule has 0 heterocycles. The quantitative estimate of drug-likeness (QED) is 0.402. The number of hydrogen-bond acceptors (Lipinski definition) is 2. The molecule has 29 heavy (non-hydrogen) atoms. The summed E-state index contributed by atoms with van der Waals surface area (Å²) in [6.07, 6.45) is 0.246. The van der Waals surface area contributed by atoms with Crippen molar-refractivity contribution in [1.29, 1.82) is 0 Å². The topological polar surface area (TPSA) is 18.5 Å². The number of alkyl halides is 3. The van der Waals surface area contributed by atoms with Gasteiger partial charge in [-0.3, -0.25) is 0 Å². The maximum atomic E-state index is 12.6. The monoisotopic (exact) mass is 426 g/mol. The fourth-order valence-electron chi connectivity index (χ4n) is 2.36. The van der Waals surface area contributed by atoms with Crippen LogP contribution in [-0.2, 0) is 6.18 Å². The molecule has 0 bridgehead atoms. The molecule has 0 amide bonds. The van der Waals surface area contributed by atoms with Gasteiger partial charge in [-0.2, -0.15) is 13.2 Å². The van der Waals surface area contributed by atoms with Crippen LogP contribution in [0.4, 0.5) is 13.2 Å². The Bertz CT molecular complexity index is 775. The molecule has 0 N–H and O–H groups in total. The van der Waals surface area contributed by atoms with Crippen molar-refractivity contribution in [2.45, 2.75) is 45.1 Å². The Morgan fingerprint density at radius 2 is 1.52 bits per heavy atom. The van der Waals surface area contributed by atoms with Gasteiger partial charge in [0.05, 0.1) is 17.8 Å². The molecule has 0 radical (unpaired) electrons. The van der Waals surface area contributed by atoms with E-state index in [2.05, 4.69) is 13.2 Å². The Hall–Kier alpha value is -2.40. The lowest BCUT2D eigenvalue weighted by Crippen LogP contribution is -2.14. The molecule has 2 aromatic carbocycles. The Labute approximate surface area is 175 Å². The van der Waals surface area contributed by atoms with Crippen molar-refractivity contribution in [2.24, 2.45) is 0 Å². The van der Waals surface area contributed by atoms with Gasteiger partial charge in [-0.25, -0.2) is 0 Å². The molecule has 0 aliphatic heterocycles. The van der Waals surface area contributed by atoms with E-state index in [0.29, 0.717) is 11.4 Å². The van der Waals surface area contributed by atoms with Crippen LogP contribution in [0.25, 0.3) is 0 Å². The van der Waals surface area contributed by atoms with Gasteiger partial charge in [-0.15, -0.1) is 13.2 Å². The second-order valence-corrected chi connectivity index (χ2v) is 6.79. The Morgan fingerprint density at radius 3 is 2.07 bits per heavy atom. The van der Waals surface area contributed by atoms with Gasteiger partial charge in [0.1, 0.15) is 11.5 Å². The predicted octanol–water partition coefficient (Wildman–Crippen LogP) is 7.73. The summed E-state index contributed by atoms with van der Waals surface area (Å²) in [5, 5.41) is 0.698. The average Bonchev–Trinajstić information content (AvgIpc) is 2.62. The van der Waals surface area contributed by atoms with Gasteiger partial charge >= 0.3 is 6.18 Å². The van der Waals surface area contributed by atoms with Crippen molar-refractivity contribution < 1.29 is 22.6 Å². The first-order chi connectivity index (χ1) is 13.7. The first-order valence-electron chi connectivity index (χ1n) is 9.14. The summed E-state index contributed by atoms with van der Waals surface area (Å²) < 4.78 is 48.6. The van der Waals surface area contributed by atoms with Gasteiger partial charge in [0.2, 0.25) is 0 Å². The molecular formula is C23H26ClF3O2. The molecular weight excluding hydrogens is 401 g/mol. The van der Waals surface area contributed by atoms with Crippen LogP contribution in [-0.4, -0.2) is 12.2 Å². The Morgan fingerprint density at radius 1 is 0.931 bits per heavy atom. The van der Waals surface area contributed by atoms with Crippen molar-refractivity contribution in [1.82, 2.24) is 0 Å². The van der Waals surface area contributed by atoms with Crippen LogP contribution >= 0.6 is 11.6 Å². The smallest absolute Gasteiger partial charge is 0.419 e. The molecule has 0 aliphatic carbocycles. The Kier molecular flexibility index (Phi) is 10.4. The fraction of sp³-hybridized carbons (Fsp3) is 0.304. The van der Waals surface area contributed by atoms with Crippen molar-refractivity contribution in [2.75, 3.05) is 0 Å². The maximum Gasteiger partial charge on any atom is 0.419 e. The van der Waals surface area contributed by atoms with E-state index < -0.39 is 11.7 Å². The summed E-state index contributed by atoms with van der Waals surface area (Å²) >= 11 is 5.81. The minimum atomic E-state index is -4.38. The molecule has 0 aliphatic rings. The normalized spacial score (nSPS) is 12.8. The second-order valence-electron chi connectivity index (χ2n) is 6.36. The maximum absolute atomic E-state index is 12.6. The first-order valence-corrected chi connectivity index (χ1v) is 9.52. The summed E-state index contributed by atoms with van der Waals surface area (Å²) in [6.45, 7) is 10.9. The van der Waals surface area contributed by atoms with Crippen LogP contribution in [0.1, 0.15) is 32.3 Å². The van der Waals surface area contributed by atoms with E-state index in [-0.39, 0.29) is 18.0 Å². The summed E-state index contributed by atoms with van der Waals surface area (Å²) in [4.78, 5) is 0. The van der Waals surface area contributed by atoms with E-state index in [4.69, 9.17) is 21.1 Å². The van der Waals surface area contributed by atoms with Crippen LogP contribution in [0.5, 0.6) is 11.5 Å². The summed E-state index contributed by atoms with van der Waals surface area (Å²) in [5.74, 6) is 0.672. The zero-order valence-electron chi connectivity index (χ0n) is 16.6. The molecule has 0 spiro atoms. The van der Waals surface area contributed by atoms with Gasteiger partial charge in [0.25, 0.3) is 0 Å². The van der Waals surface area contributed by atoms with Crippen molar-refractivity contribution >= 4 is 11.6 Å². The number of ether oxygens (including phenoxy) is 2. The molecule has 158 valence electrons. The van der Waals surface area contributed by atoms with Crippen molar-refractivity contribution in [3.8, 4) is 11.5 Å². The van der Waals surface area contributed by atoms with Gasteiger partial charge in [-0.1, -0.05) is 42.0 Å². The third kappa shape index (κ3) is 9.57. The molecule has 2 nitrogen and oxygen atoms in total. The van der Waals surface area contributed by atoms with E-state index in [1.165, 1.54) is 18.2 Å². The molecule has 2 aromatic rings. The van der Waals surface area contributed by atoms with Crippen LogP contribution in [0.2, 0.25) is 5.02 Å². The highest BCUT2D eigenvalue weighted by Gasteiger charge is 2.34. The largest absolute Gasteiger partial charge is 0.490 e. The number of benzene rings is 2. The van der Waals surface area contributed by atoms with E-state index in [1.807, 2.05) is 31.2 Å². The SMILES string of the molecule is C=CCC(C)Oc1cccc(Cl)c1.C=CCC(C)Oc1ccccc1C(F)(F)F. The highest BCUT2D eigenvalue weighted by atomic mass is 35.5. The van der Waals surface area contributed by atoms with Crippen LogP contribution in [0.15, 0.2) is 73.8 Å². The predicted molar refractivity (Wildman–Crippen MR) is 113 cm³/mol. The van der Waals surface area contributed by atoms with Crippen LogP contribution in [0.3, 0.4) is 0 Å². The zero-order valence-corrected chi connectivity index (χ0v) is 17.3. The molecule has 0 aromatic heterocycles. The van der Waals surface area contributed by atoms with E-state index in [1.54, 1.807) is 19.1 Å². The molecule has 2 rings (SSSR count). The molecule has 0 fully saturated rings. The van der Waals surface area contributed by atoms with Gasteiger partial charge in [0.15, 0.2) is 0 Å².